The number of hydrogen-bond acceptors (Lipinski definition) is 1. The number of benzene rings is 1. The topological polar surface area (TPSA) is 20.9 Å². The van der Waals surface area contributed by atoms with Crippen LogP contribution in [0.2, 0.25) is 5.02 Å². The van der Waals surface area contributed by atoms with Crippen molar-refractivity contribution in [3.05, 3.63) is 64.9 Å². The number of hydrogen-bond donors (Lipinski definition) is 0. The van der Waals surface area contributed by atoms with Crippen LogP contribution in [0.15, 0.2) is 48.7 Å². The highest BCUT2D eigenvalue weighted by atomic mass is 79.9. The monoisotopic (exact) mass is 325 g/mol. The molecule has 2 rings (SSSR count). The van der Waals surface area contributed by atoms with Gasteiger partial charge in [-0.3, -0.25) is 4.79 Å². The van der Waals surface area contributed by atoms with E-state index >= 15 is 0 Å². The summed E-state index contributed by atoms with van der Waals surface area (Å²) in [6.45, 7) is 2.32. The fourth-order valence-electron chi connectivity index (χ4n) is 1.65. The highest BCUT2D eigenvalue weighted by Gasteiger charge is 2.13. The van der Waals surface area contributed by atoms with E-state index in [4.69, 9.17) is 11.6 Å². The highest BCUT2D eigenvalue weighted by Crippen LogP contribution is 2.11. The molecule has 0 N–H and O–H groups in total. The molecular formula is C14H13BrClNO. The molecule has 0 unspecified atom stereocenters. The van der Waals surface area contributed by atoms with E-state index in [2.05, 4.69) is 0 Å². The lowest BCUT2D eigenvalue weighted by Gasteiger charge is -2.00. The molecule has 2 nitrogen and oxygen atoms in total. The van der Waals surface area contributed by atoms with Gasteiger partial charge in [0.25, 0.3) is 0 Å². The van der Waals surface area contributed by atoms with E-state index in [-0.39, 0.29) is 22.8 Å². The number of rotatable bonds is 3. The lowest BCUT2D eigenvalue weighted by molar-refractivity contribution is -0.689. The summed E-state index contributed by atoms with van der Waals surface area (Å²) < 4.78 is 1.92. The largest absolute Gasteiger partial charge is 1.00 e. The maximum atomic E-state index is 12.0. The minimum absolute atomic E-state index is 0. The molecule has 0 aliphatic carbocycles. The van der Waals surface area contributed by atoms with Gasteiger partial charge >= 0.3 is 0 Å². The van der Waals surface area contributed by atoms with Crippen LogP contribution in [0.25, 0.3) is 0 Å². The summed E-state index contributed by atoms with van der Waals surface area (Å²) in [5.41, 5.74) is 1.70. The molecular weight excluding hydrogens is 314 g/mol. The number of Topliss-reactive ketones (excluding diaryl/α,β-unsaturated/α-hetero) is 1. The van der Waals surface area contributed by atoms with Crippen molar-refractivity contribution in [2.75, 3.05) is 0 Å². The smallest absolute Gasteiger partial charge is 0.227 e. The first-order chi connectivity index (χ1) is 8.16. The highest BCUT2D eigenvalue weighted by molar-refractivity contribution is 6.30. The summed E-state index contributed by atoms with van der Waals surface area (Å²) in [7, 11) is 0. The second kappa shape index (κ2) is 6.66. The number of nitrogens with zero attached hydrogens (tertiary/aromatic N) is 1. The molecule has 4 heteroatoms. The van der Waals surface area contributed by atoms with Crippen LogP contribution in [-0.2, 0) is 6.54 Å². The third-order valence-corrected chi connectivity index (χ3v) is 2.86. The predicted octanol–water partition coefficient (Wildman–Crippen LogP) is -0.177. The molecule has 0 aliphatic heterocycles. The maximum Gasteiger partial charge on any atom is 0.227 e. The Balaban J connectivity index is 0.00000162. The Morgan fingerprint density at radius 3 is 2.67 bits per heavy atom. The molecule has 0 atom stereocenters. The van der Waals surface area contributed by atoms with Crippen LogP contribution in [0.4, 0.5) is 0 Å². The Hall–Kier alpha value is -1.19. The summed E-state index contributed by atoms with van der Waals surface area (Å²) >= 11 is 5.86. The lowest BCUT2D eigenvalue weighted by Crippen LogP contribution is -3.00. The Labute approximate surface area is 122 Å². The lowest BCUT2D eigenvalue weighted by atomic mass is 10.1. The molecule has 0 fully saturated rings. The third-order valence-electron chi connectivity index (χ3n) is 2.63. The maximum absolute atomic E-state index is 12.0. The number of pyridine rings is 1. The molecule has 1 aromatic carbocycles. The van der Waals surface area contributed by atoms with Gasteiger partial charge in [0, 0.05) is 29.6 Å². The van der Waals surface area contributed by atoms with Crippen LogP contribution < -0.4 is 21.5 Å². The zero-order valence-corrected chi connectivity index (χ0v) is 12.3. The Bertz CT molecular complexity index is 557. The molecule has 0 saturated carbocycles. The molecule has 0 saturated heterocycles. The van der Waals surface area contributed by atoms with E-state index in [9.17, 15) is 4.79 Å². The van der Waals surface area contributed by atoms with Gasteiger partial charge in [-0.2, -0.15) is 4.57 Å². The first-order valence-corrected chi connectivity index (χ1v) is 5.78. The summed E-state index contributed by atoms with van der Waals surface area (Å²) in [6, 6.07) is 12.9. The van der Waals surface area contributed by atoms with E-state index < -0.39 is 0 Å². The van der Waals surface area contributed by atoms with Crippen LogP contribution in [0.1, 0.15) is 16.1 Å². The quantitative estimate of drug-likeness (QED) is 0.566. The molecule has 2 aromatic rings. The normalized spacial score (nSPS) is 9.67. The first-order valence-electron chi connectivity index (χ1n) is 5.40. The Kier molecular flexibility index (Phi) is 5.51. The number of aryl methyl sites for hydroxylation is 1. The molecule has 0 radical (unpaired) electrons. The van der Waals surface area contributed by atoms with Crippen LogP contribution in [-0.4, -0.2) is 5.78 Å². The van der Waals surface area contributed by atoms with Crippen molar-refractivity contribution >= 4 is 17.4 Å². The SMILES string of the molecule is Cc1cccc[n+]1CC(=O)c1cccc(Cl)c1.[Br-]. The van der Waals surface area contributed by atoms with Crippen molar-refractivity contribution in [3.63, 3.8) is 0 Å². The summed E-state index contributed by atoms with van der Waals surface area (Å²) in [6.07, 6.45) is 1.90. The van der Waals surface area contributed by atoms with Gasteiger partial charge in [-0.05, 0) is 12.1 Å². The zero-order chi connectivity index (χ0) is 12.3. The third kappa shape index (κ3) is 3.65. The second-order valence-electron chi connectivity index (χ2n) is 3.90. The molecule has 0 aliphatic rings. The fraction of sp³-hybridized carbons (Fsp3) is 0.143. The Morgan fingerprint density at radius 2 is 2.00 bits per heavy atom. The van der Waals surface area contributed by atoms with Crippen LogP contribution >= 0.6 is 11.6 Å². The number of carbonyl (C=O) groups excluding carboxylic acids is 1. The van der Waals surface area contributed by atoms with E-state index in [1.807, 2.05) is 35.9 Å². The van der Waals surface area contributed by atoms with Crippen molar-refractivity contribution < 1.29 is 26.3 Å². The Morgan fingerprint density at radius 1 is 1.22 bits per heavy atom. The van der Waals surface area contributed by atoms with Crippen molar-refractivity contribution in [3.8, 4) is 0 Å². The summed E-state index contributed by atoms with van der Waals surface area (Å²) in [5, 5.41) is 0.589. The van der Waals surface area contributed by atoms with Gasteiger partial charge in [0.05, 0.1) is 0 Å². The molecule has 0 bridgehead atoms. The van der Waals surface area contributed by atoms with Gasteiger partial charge in [-0.15, -0.1) is 0 Å². The van der Waals surface area contributed by atoms with Gasteiger partial charge in [-0.1, -0.05) is 29.8 Å². The minimum Gasteiger partial charge on any atom is -1.00 e. The van der Waals surface area contributed by atoms with Crippen LogP contribution in [0, 0.1) is 6.92 Å². The number of aromatic nitrogens is 1. The predicted molar refractivity (Wildman–Crippen MR) is 67.2 cm³/mol. The zero-order valence-electron chi connectivity index (χ0n) is 9.94. The van der Waals surface area contributed by atoms with E-state index in [1.54, 1.807) is 24.3 Å². The van der Waals surface area contributed by atoms with Gasteiger partial charge < -0.3 is 17.0 Å². The van der Waals surface area contributed by atoms with E-state index in [1.165, 1.54) is 0 Å². The molecule has 0 spiro atoms. The van der Waals surface area contributed by atoms with Gasteiger partial charge in [0.1, 0.15) is 0 Å². The molecule has 94 valence electrons. The fourth-order valence-corrected chi connectivity index (χ4v) is 1.84. The van der Waals surface area contributed by atoms with Crippen LogP contribution in [0.3, 0.4) is 0 Å². The molecule has 1 heterocycles. The number of ketones is 1. The first kappa shape index (κ1) is 14.9. The minimum atomic E-state index is 0. The second-order valence-corrected chi connectivity index (χ2v) is 4.34. The van der Waals surface area contributed by atoms with Crippen molar-refractivity contribution in [1.29, 1.82) is 0 Å². The molecule has 1 aromatic heterocycles. The van der Waals surface area contributed by atoms with Crippen molar-refractivity contribution in [1.82, 2.24) is 0 Å². The summed E-state index contributed by atoms with van der Waals surface area (Å²) in [4.78, 5) is 12.0. The van der Waals surface area contributed by atoms with E-state index in [0.29, 0.717) is 17.1 Å². The average Bonchev–Trinajstić information content (AvgIpc) is 2.32. The van der Waals surface area contributed by atoms with Crippen molar-refractivity contribution in [2.24, 2.45) is 0 Å². The standard InChI is InChI=1S/C14H13ClNO.BrH/c1-11-5-2-3-8-16(11)10-14(17)12-6-4-7-13(15)9-12;/h2-9H,10H2,1H3;1H/q+1;/p-1. The van der Waals surface area contributed by atoms with Crippen molar-refractivity contribution in [2.45, 2.75) is 13.5 Å². The molecule has 0 amide bonds. The van der Waals surface area contributed by atoms with Gasteiger partial charge in [0.2, 0.25) is 12.3 Å². The number of halogens is 2. The molecule has 18 heavy (non-hydrogen) atoms. The van der Waals surface area contributed by atoms with E-state index in [0.717, 1.165) is 5.69 Å². The average molecular weight is 327 g/mol. The number of carbonyl (C=O) groups is 1. The van der Waals surface area contributed by atoms with Crippen LogP contribution in [0.5, 0.6) is 0 Å². The van der Waals surface area contributed by atoms with Gasteiger partial charge in [-0.25, -0.2) is 0 Å². The van der Waals surface area contributed by atoms with Gasteiger partial charge in [0.15, 0.2) is 11.9 Å². The summed E-state index contributed by atoms with van der Waals surface area (Å²) in [5.74, 6) is 0.0619.